The maximum absolute atomic E-state index is 12.1. The predicted octanol–water partition coefficient (Wildman–Crippen LogP) is 0.402. The first-order valence-electron chi connectivity index (χ1n) is 6.52. The van der Waals surface area contributed by atoms with Crippen molar-refractivity contribution in [1.29, 1.82) is 0 Å². The maximum atomic E-state index is 12.1. The summed E-state index contributed by atoms with van der Waals surface area (Å²) in [5.74, 6) is 5.37. The monoisotopic (exact) mass is 294 g/mol. The number of likely N-dealkylation sites (tertiary alicyclic amines) is 1. The van der Waals surface area contributed by atoms with E-state index in [0.29, 0.717) is 31.7 Å². The summed E-state index contributed by atoms with van der Waals surface area (Å²) in [5, 5.41) is 0.846. The summed E-state index contributed by atoms with van der Waals surface area (Å²) in [6.45, 7) is 1.22. The molecule has 0 radical (unpaired) electrons. The zero-order chi connectivity index (χ0) is 14.4. The molecule has 0 atom stereocenters. The van der Waals surface area contributed by atoms with E-state index in [1.165, 1.54) is 11.8 Å². The lowest BCUT2D eigenvalue weighted by atomic mass is 9.96. The number of aromatic nitrogens is 1. The zero-order valence-electron chi connectivity index (χ0n) is 11.1. The van der Waals surface area contributed by atoms with E-state index >= 15 is 0 Å². The predicted molar refractivity (Wildman–Crippen MR) is 76.6 cm³/mol. The molecule has 1 saturated heterocycles. The number of carbonyl (C=O) groups excluding carboxylic acids is 2. The highest BCUT2D eigenvalue weighted by Gasteiger charge is 2.26. The Bertz CT molecular complexity index is 461. The summed E-state index contributed by atoms with van der Waals surface area (Å²) in [6, 6.07) is 5.63. The highest BCUT2D eigenvalue weighted by atomic mass is 32.2. The summed E-state index contributed by atoms with van der Waals surface area (Å²) < 4.78 is 0. The molecule has 2 heterocycles. The number of hydrazine groups is 1. The molecule has 6 nitrogen and oxygen atoms in total. The van der Waals surface area contributed by atoms with Crippen molar-refractivity contribution in [1.82, 2.24) is 15.3 Å². The van der Waals surface area contributed by atoms with E-state index < -0.39 is 0 Å². The Hall–Kier alpha value is -1.60. The number of nitrogens with two attached hydrogens (primary N) is 1. The first-order valence-corrected chi connectivity index (χ1v) is 7.51. The molecule has 0 aromatic carbocycles. The SMILES string of the molecule is NNC(=O)C1CCN(C(=O)CSc2ccccn2)CC1. The van der Waals surface area contributed by atoms with E-state index in [-0.39, 0.29) is 17.7 Å². The molecule has 1 aromatic rings. The molecule has 0 saturated carbocycles. The van der Waals surface area contributed by atoms with Crippen LogP contribution in [-0.2, 0) is 9.59 Å². The van der Waals surface area contributed by atoms with Crippen molar-refractivity contribution < 1.29 is 9.59 Å². The molecule has 1 aliphatic rings. The van der Waals surface area contributed by atoms with Crippen LogP contribution in [0.15, 0.2) is 29.4 Å². The van der Waals surface area contributed by atoms with E-state index in [0.717, 1.165) is 5.03 Å². The van der Waals surface area contributed by atoms with Crippen LogP contribution in [-0.4, -0.2) is 40.5 Å². The van der Waals surface area contributed by atoms with Crippen molar-refractivity contribution in [3.63, 3.8) is 0 Å². The number of thioether (sulfide) groups is 1. The number of rotatable bonds is 4. The van der Waals surface area contributed by atoms with Gasteiger partial charge in [0.25, 0.3) is 0 Å². The quantitative estimate of drug-likeness (QED) is 0.363. The highest BCUT2D eigenvalue weighted by Crippen LogP contribution is 2.20. The largest absolute Gasteiger partial charge is 0.342 e. The van der Waals surface area contributed by atoms with Crippen molar-refractivity contribution in [3.05, 3.63) is 24.4 Å². The lowest BCUT2D eigenvalue weighted by Gasteiger charge is -2.30. The van der Waals surface area contributed by atoms with Gasteiger partial charge in [0.2, 0.25) is 11.8 Å². The normalized spacial score (nSPS) is 15.9. The zero-order valence-corrected chi connectivity index (χ0v) is 11.9. The Balaban J connectivity index is 1.76. The van der Waals surface area contributed by atoms with Crippen LogP contribution in [0.3, 0.4) is 0 Å². The summed E-state index contributed by atoms with van der Waals surface area (Å²) in [6.07, 6.45) is 3.05. The second kappa shape index (κ2) is 7.25. The van der Waals surface area contributed by atoms with Gasteiger partial charge in [-0.2, -0.15) is 0 Å². The van der Waals surface area contributed by atoms with Gasteiger partial charge in [0, 0.05) is 25.2 Å². The molecule has 20 heavy (non-hydrogen) atoms. The molecule has 108 valence electrons. The second-order valence-corrected chi connectivity index (χ2v) is 5.62. The standard InChI is InChI=1S/C13H18N4O2S/c14-16-13(19)10-4-7-17(8-5-10)12(18)9-20-11-3-1-2-6-15-11/h1-3,6,10H,4-5,7-9,14H2,(H,16,19). The lowest BCUT2D eigenvalue weighted by Crippen LogP contribution is -2.45. The number of piperidine rings is 1. The van der Waals surface area contributed by atoms with Gasteiger partial charge in [-0.25, -0.2) is 10.8 Å². The Morgan fingerprint density at radius 3 is 2.75 bits per heavy atom. The van der Waals surface area contributed by atoms with Crippen molar-refractivity contribution in [2.45, 2.75) is 17.9 Å². The first kappa shape index (κ1) is 14.8. The number of amides is 2. The summed E-state index contributed by atoms with van der Waals surface area (Å²) >= 11 is 1.43. The number of nitrogens with one attached hydrogen (secondary N) is 1. The molecule has 0 bridgehead atoms. The number of carbonyl (C=O) groups is 2. The maximum Gasteiger partial charge on any atom is 0.237 e. The van der Waals surface area contributed by atoms with Crippen LogP contribution in [0.2, 0.25) is 0 Å². The Morgan fingerprint density at radius 2 is 2.15 bits per heavy atom. The van der Waals surface area contributed by atoms with Gasteiger partial charge in [0.05, 0.1) is 10.8 Å². The van der Waals surface area contributed by atoms with Gasteiger partial charge < -0.3 is 4.90 Å². The van der Waals surface area contributed by atoms with Crippen LogP contribution in [0.1, 0.15) is 12.8 Å². The third-order valence-electron chi connectivity index (χ3n) is 3.34. The molecular formula is C13H18N4O2S. The minimum absolute atomic E-state index is 0.0764. The number of nitrogens with zero attached hydrogens (tertiary/aromatic N) is 2. The molecule has 7 heteroatoms. The molecular weight excluding hydrogens is 276 g/mol. The third-order valence-corrected chi connectivity index (χ3v) is 4.27. The van der Waals surface area contributed by atoms with Gasteiger partial charge in [-0.1, -0.05) is 17.8 Å². The molecule has 0 aliphatic carbocycles. The highest BCUT2D eigenvalue weighted by molar-refractivity contribution is 7.99. The average Bonchev–Trinajstić information content (AvgIpc) is 2.53. The van der Waals surface area contributed by atoms with Crippen molar-refractivity contribution in [3.8, 4) is 0 Å². The Labute approximate surface area is 122 Å². The number of hydrogen-bond acceptors (Lipinski definition) is 5. The van der Waals surface area contributed by atoms with E-state index in [2.05, 4.69) is 10.4 Å². The molecule has 1 aliphatic heterocycles. The van der Waals surface area contributed by atoms with Crippen molar-refractivity contribution >= 4 is 23.6 Å². The van der Waals surface area contributed by atoms with Crippen LogP contribution in [0.25, 0.3) is 0 Å². The fourth-order valence-corrected chi connectivity index (χ4v) is 2.93. The van der Waals surface area contributed by atoms with Gasteiger partial charge in [0.1, 0.15) is 0 Å². The van der Waals surface area contributed by atoms with E-state index in [9.17, 15) is 9.59 Å². The molecule has 1 fully saturated rings. The molecule has 2 amide bonds. The minimum atomic E-state index is -0.139. The van der Waals surface area contributed by atoms with Crippen LogP contribution >= 0.6 is 11.8 Å². The minimum Gasteiger partial charge on any atom is -0.342 e. The van der Waals surface area contributed by atoms with Crippen LogP contribution in [0.4, 0.5) is 0 Å². The molecule has 2 rings (SSSR count). The van der Waals surface area contributed by atoms with E-state index in [4.69, 9.17) is 5.84 Å². The summed E-state index contributed by atoms with van der Waals surface area (Å²) in [7, 11) is 0. The fraction of sp³-hybridized carbons (Fsp3) is 0.462. The molecule has 0 spiro atoms. The van der Waals surface area contributed by atoms with Crippen LogP contribution in [0, 0.1) is 5.92 Å². The fourth-order valence-electron chi connectivity index (χ4n) is 2.17. The molecule has 1 aromatic heterocycles. The van der Waals surface area contributed by atoms with Gasteiger partial charge in [0.15, 0.2) is 0 Å². The molecule has 3 N–H and O–H groups in total. The Kier molecular flexibility index (Phi) is 5.37. The summed E-state index contributed by atoms with van der Waals surface area (Å²) in [5.41, 5.74) is 2.17. The van der Waals surface area contributed by atoms with Crippen LogP contribution < -0.4 is 11.3 Å². The summed E-state index contributed by atoms with van der Waals surface area (Å²) in [4.78, 5) is 29.4. The smallest absolute Gasteiger partial charge is 0.237 e. The average molecular weight is 294 g/mol. The lowest BCUT2D eigenvalue weighted by molar-refractivity contribution is -0.133. The van der Waals surface area contributed by atoms with Gasteiger partial charge >= 0.3 is 0 Å². The van der Waals surface area contributed by atoms with Gasteiger partial charge in [-0.15, -0.1) is 0 Å². The first-order chi connectivity index (χ1) is 9.70. The van der Waals surface area contributed by atoms with E-state index in [1.54, 1.807) is 11.1 Å². The Morgan fingerprint density at radius 1 is 1.40 bits per heavy atom. The van der Waals surface area contributed by atoms with Gasteiger partial charge in [-0.3, -0.25) is 15.0 Å². The van der Waals surface area contributed by atoms with Gasteiger partial charge in [-0.05, 0) is 25.0 Å². The molecule has 0 unspecified atom stereocenters. The number of hydrogen-bond donors (Lipinski definition) is 2. The van der Waals surface area contributed by atoms with Crippen molar-refractivity contribution in [2.24, 2.45) is 11.8 Å². The number of pyridine rings is 1. The second-order valence-electron chi connectivity index (χ2n) is 4.62. The van der Waals surface area contributed by atoms with E-state index in [1.807, 2.05) is 18.2 Å². The van der Waals surface area contributed by atoms with Crippen molar-refractivity contribution in [2.75, 3.05) is 18.8 Å². The topological polar surface area (TPSA) is 88.3 Å². The third kappa shape index (κ3) is 3.94. The van der Waals surface area contributed by atoms with Crippen LogP contribution in [0.5, 0.6) is 0 Å².